The molecule has 1 aliphatic heterocycles. The van der Waals surface area contributed by atoms with E-state index in [0.717, 1.165) is 17.0 Å². The van der Waals surface area contributed by atoms with Crippen molar-refractivity contribution in [3.05, 3.63) is 28.7 Å². The van der Waals surface area contributed by atoms with Crippen molar-refractivity contribution >= 4 is 0 Å². The Morgan fingerprint density at radius 2 is 2.50 bits per heavy atom. The first-order valence-corrected chi connectivity index (χ1v) is 5.20. The van der Waals surface area contributed by atoms with Gasteiger partial charge in [-0.05, 0) is 0 Å². The Kier molecular flexibility index (Phi) is 3.17. The lowest BCUT2D eigenvalue weighted by molar-refractivity contribution is -0.0914. The average molecular weight is 254 g/mol. The molecule has 0 saturated carbocycles. The quantitative estimate of drug-likeness (QED) is 0.663. The first kappa shape index (κ1) is 12.7. The lowest BCUT2D eigenvalue weighted by atomic mass is 9.99. The standard InChI is InChI=1S/C11H11FN2O4/c1-2-11(6-15)8(16)3-9(18-11)14-5-7(12)4-13-10(14)17/h1,4-5,8-9,15-16H,3,6H2/t8-,9+,11+/m0/s1. The molecule has 2 rings (SSSR count). The van der Waals surface area contributed by atoms with Crippen LogP contribution in [0.1, 0.15) is 12.6 Å². The van der Waals surface area contributed by atoms with Gasteiger partial charge in [-0.1, -0.05) is 5.92 Å². The Balaban J connectivity index is 2.36. The number of rotatable bonds is 2. The highest BCUT2D eigenvalue weighted by Crippen LogP contribution is 2.35. The van der Waals surface area contributed by atoms with E-state index in [1.165, 1.54) is 0 Å². The summed E-state index contributed by atoms with van der Waals surface area (Å²) >= 11 is 0. The molecule has 0 aromatic carbocycles. The molecule has 1 fully saturated rings. The fourth-order valence-electron chi connectivity index (χ4n) is 1.85. The van der Waals surface area contributed by atoms with Crippen LogP contribution >= 0.6 is 0 Å². The van der Waals surface area contributed by atoms with Gasteiger partial charge in [-0.25, -0.2) is 9.18 Å². The molecule has 2 heterocycles. The summed E-state index contributed by atoms with van der Waals surface area (Å²) in [6.07, 6.45) is 4.76. The van der Waals surface area contributed by atoms with E-state index in [-0.39, 0.29) is 6.42 Å². The molecule has 18 heavy (non-hydrogen) atoms. The van der Waals surface area contributed by atoms with Gasteiger partial charge >= 0.3 is 5.69 Å². The minimum absolute atomic E-state index is 0.0319. The summed E-state index contributed by atoms with van der Waals surface area (Å²) in [5.74, 6) is 1.45. The van der Waals surface area contributed by atoms with Gasteiger partial charge in [-0.2, -0.15) is 4.98 Å². The highest BCUT2D eigenvalue weighted by molar-refractivity contribution is 5.16. The van der Waals surface area contributed by atoms with Gasteiger partial charge in [0.15, 0.2) is 11.4 Å². The lowest BCUT2D eigenvalue weighted by Gasteiger charge is -2.23. The fraction of sp³-hybridized carbons (Fsp3) is 0.455. The van der Waals surface area contributed by atoms with Crippen molar-refractivity contribution in [2.75, 3.05) is 6.61 Å². The van der Waals surface area contributed by atoms with Crippen LogP contribution in [0.4, 0.5) is 4.39 Å². The fourth-order valence-corrected chi connectivity index (χ4v) is 1.85. The van der Waals surface area contributed by atoms with Crippen molar-refractivity contribution in [2.45, 2.75) is 24.4 Å². The third-order valence-electron chi connectivity index (χ3n) is 2.88. The summed E-state index contributed by atoms with van der Waals surface area (Å²) in [5.41, 5.74) is -2.30. The van der Waals surface area contributed by atoms with E-state index in [9.17, 15) is 19.4 Å². The number of aliphatic hydroxyl groups excluding tert-OH is 2. The zero-order valence-corrected chi connectivity index (χ0v) is 9.28. The van der Waals surface area contributed by atoms with Gasteiger partial charge < -0.3 is 14.9 Å². The molecule has 0 bridgehead atoms. The van der Waals surface area contributed by atoms with Gasteiger partial charge in [-0.3, -0.25) is 4.57 Å². The minimum Gasteiger partial charge on any atom is -0.392 e. The van der Waals surface area contributed by atoms with Crippen LogP contribution in [0.15, 0.2) is 17.2 Å². The lowest BCUT2D eigenvalue weighted by Crippen LogP contribution is -2.41. The number of aromatic nitrogens is 2. The summed E-state index contributed by atoms with van der Waals surface area (Å²) in [7, 11) is 0. The molecular formula is C11H11FN2O4. The third-order valence-corrected chi connectivity index (χ3v) is 2.88. The van der Waals surface area contributed by atoms with E-state index in [2.05, 4.69) is 10.9 Å². The van der Waals surface area contributed by atoms with Gasteiger partial charge in [0, 0.05) is 12.6 Å². The Bertz CT molecular complexity index is 553. The summed E-state index contributed by atoms with van der Waals surface area (Å²) in [4.78, 5) is 14.8. The number of nitrogens with zero attached hydrogens (tertiary/aromatic N) is 2. The summed E-state index contributed by atoms with van der Waals surface area (Å²) in [6, 6.07) is 0. The maximum Gasteiger partial charge on any atom is 0.349 e. The predicted octanol–water partition coefficient (Wildman–Crippen LogP) is -0.974. The van der Waals surface area contributed by atoms with Crippen LogP contribution in [-0.4, -0.2) is 38.1 Å². The summed E-state index contributed by atoms with van der Waals surface area (Å²) in [5, 5.41) is 18.9. The van der Waals surface area contributed by atoms with Crippen LogP contribution in [0.3, 0.4) is 0 Å². The van der Waals surface area contributed by atoms with E-state index >= 15 is 0 Å². The number of hydrogen-bond acceptors (Lipinski definition) is 5. The maximum absolute atomic E-state index is 13.0. The molecule has 0 spiro atoms. The molecule has 7 heteroatoms. The first-order valence-electron chi connectivity index (χ1n) is 5.20. The SMILES string of the molecule is C#C[C@]1(CO)O[C@@H](n2cc(F)cnc2=O)C[C@@H]1O. The molecule has 0 amide bonds. The van der Waals surface area contributed by atoms with Gasteiger partial charge in [0.05, 0.1) is 12.8 Å². The van der Waals surface area contributed by atoms with Crippen LogP contribution in [0.2, 0.25) is 0 Å². The molecule has 0 unspecified atom stereocenters. The highest BCUT2D eigenvalue weighted by Gasteiger charge is 2.47. The largest absolute Gasteiger partial charge is 0.392 e. The smallest absolute Gasteiger partial charge is 0.349 e. The Hall–Kier alpha value is -1.75. The molecule has 0 aliphatic carbocycles. The van der Waals surface area contributed by atoms with Crippen LogP contribution < -0.4 is 5.69 Å². The topological polar surface area (TPSA) is 84.6 Å². The van der Waals surface area contributed by atoms with Gasteiger partial charge in [0.25, 0.3) is 0 Å². The molecule has 6 nitrogen and oxygen atoms in total. The van der Waals surface area contributed by atoms with Crippen molar-refractivity contribution < 1.29 is 19.3 Å². The Morgan fingerprint density at radius 3 is 3.06 bits per heavy atom. The van der Waals surface area contributed by atoms with E-state index in [1.54, 1.807) is 0 Å². The van der Waals surface area contributed by atoms with Crippen molar-refractivity contribution in [1.82, 2.24) is 9.55 Å². The first-order chi connectivity index (χ1) is 8.52. The molecule has 1 saturated heterocycles. The number of aliphatic hydroxyl groups is 2. The molecular weight excluding hydrogens is 243 g/mol. The van der Waals surface area contributed by atoms with Crippen LogP contribution in [0.25, 0.3) is 0 Å². The molecule has 96 valence electrons. The van der Waals surface area contributed by atoms with Crippen molar-refractivity contribution in [2.24, 2.45) is 0 Å². The Labute approximate surface area is 102 Å². The maximum atomic E-state index is 13.0. The molecule has 0 radical (unpaired) electrons. The normalized spacial score (nSPS) is 31.2. The molecule has 1 aliphatic rings. The number of hydrogen-bond donors (Lipinski definition) is 2. The second-order valence-electron chi connectivity index (χ2n) is 3.98. The van der Waals surface area contributed by atoms with E-state index < -0.39 is 36.0 Å². The highest BCUT2D eigenvalue weighted by atomic mass is 19.1. The van der Waals surface area contributed by atoms with Crippen molar-refractivity contribution in [3.63, 3.8) is 0 Å². The second-order valence-corrected chi connectivity index (χ2v) is 3.98. The average Bonchev–Trinajstić information content (AvgIpc) is 2.70. The molecule has 1 aromatic heterocycles. The molecule has 2 N–H and O–H groups in total. The zero-order valence-electron chi connectivity index (χ0n) is 9.28. The van der Waals surface area contributed by atoms with E-state index in [1.807, 2.05) is 0 Å². The van der Waals surface area contributed by atoms with Crippen LogP contribution in [0, 0.1) is 18.2 Å². The molecule has 1 aromatic rings. The summed E-state index contributed by atoms with van der Waals surface area (Å²) in [6.45, 7) is -0.599. The predicted molar refractivity (Wildman–Crippen MR) is 57.9 cm³/mol. The van der Waals surface area contributed by atoms with Crippen LogP contribution in [-0.2, 0) is 4.74 Å². The van der Waals surface area contributed by atoms with Gasteiger partial charge in [0.1, 0.15) is 12.3 Å². The molecule has 3 atom stereocenters. The van der Waals surface area contributed by atoms with Crippen LogP contribution in [0.5, 0.6) is 0 Å². The van der Waals surface area contributed by atoms with Gasteiger partial charge in [0.2, 0.25) is 0 Å². The van der Waals surface area contributed by atoms with E-state index in [0.29, 0.717) is 0 Å². The summed E-state index contributed by atoms with van der Waals surface area (Å²) < 4.78 is 19.2. The van der Waals surface area contributed by atoms with E-state index in [4.69, 9.17) is 11.2 Å². The second kappa shape index (κ2) is 4.49. The van der Waals surface area contributed by atoms with Gasteiger partial charge in [-0.15, -0.1) is 6.42 Å². The van der Waals surface area contributed by atoms with Crippen molar-refractivity contribution in [1.29, 1.82) is 0 Å². The number of ether oxygens (including phenoxy) is 1. The zero-order chi connectivity index (χ0) is 13.3. The number of halogens is 1. The van der Waals surface area contributed by atoms with Crippen molar-refractivity contribution in [3.8, 4) is 12.3 Å². The third kappa shape index (κ3) is 1.90. The number of terminal acetylenes is 1. The minimum atomic E-state index is -1.57. The Morgan fingerprint density at radius 1 is 1.78 bits per heavy atom. The monoisotopic (exact) mass is 254 g/mol.